The fourth-order valence-corrected chi connectivity index (χ4v) is 2.69. The Hall–Kier alpha value is -2.42. The molecule has 0 amide bonds. The van der Waals surface area contributed by atoms with E-state index < -0.39 is 5.97 Å². The molecule has 1 saturated carbocycles. The van der Waals surface area contributed by atoms with Crippen LogP contribution < -0.4 is 0 Å². The number of fused-ring (bicyclic) bond motifs is 1. The van der Waals surface area contributed by atoms with Crippen LogP contribution in [0.1, 0.15) is 53.3 Å². The van der Waals surface area contributed by atoms with Crippen LogP contribution >= 0.6 is 0 Å². The molecule has 0 atom stereocenters. The molecule has 0 unspecified atom stereocenters. The summed E-state index contributed by atoms with van der Waals surface area (Å²) in [5.41, 5.74) is 1.47. The first-order chi connectivity index (χ1) is 9.20. The van der Waals surface area contributed by atoms with Crippen molar-refractivity contribution in [3.8, 4) is 6.07 Å². The topological polar surface area (TPSA) is 91.3 Å². The zero-order chi connectivity index (χ0) is 13.4. The highest BCUT2D eigenvalue weighted by molar-refractivity contribution is 5.86. The first kappa shape index (κ1) is 11.7. The van der Waals surface area contributed by atoms with Crippen LogP contribution in [0.3, 0.4) is 0 Å². The van der Waals surface area contributed by atoms with Gasteiger partial charge in [-0.1, -0.05) is 12.8 Å². The lowest BCUT2D eigenvalue weighted by Gasteiger charge is -2.12. The van der Waals surface area contributed by atoms with Crippen LogP contribution in [0, 0.1) is 11.3 Å². The maximum absolute atomic E-state index is 11.2. The Morgan fingerprint density at radius 3 is 2.84 bits per heavy atom. The standard InChI is InChI=1S/C13H12N4O2/c14-6-9-7-15-17-11(8-3-1-2-4-8)5-10(13(18)19)16-12(9)17/h5,7-8H,1-4H2,(H,18,19). The van der Waals surface area contributed by atoms with Gasteiger partial charge in [0.05, 0.1) is 6.20 Å². The molecule has 1 fully saturated rings. The van der Waals surface area contributed by atoms with E-state index in [1.807, 2.05) is 6.07 Å². The molecule has 1 N–H and O–H groups in total. The molecule has 19 heavy (non-hydrogen) atoms. The van der Waals surface area contributed by atoms with Gasteiger partial charge in [0.1, 0.15) is 11.6 Å². The number of nitriles is 1. The summed E-state index contributed by atoms with van der Waals surface area (Å²) < 4.78 is 1.61. The van der Waals surface area contributed by atoms with E-state index in [0.717, 1.165) is 31.4 Å². The molecule has 0 aliphatic heterocycles. The lowest BCUT2D eigenvalue weighted by Crippen LogP contribution is -2.10. The molecular formula is C13H12N4O2. The van der Waals surface area contributed by atoms with Crippen molar-refractivity contribution in [3.05, 3.63) is 29.2 Å². The zero-order valence-electron chi connectivity index (χ0n) is 10.2. The van der Waals surface area contributed by atoms with E-state index in [2.05, 4.69) is 10.1 Å². The van der Waals surface area contributed by atoms with Crippen molar-refractivity contribution in [1.29, 1.82) is 5.26 Å². The van der Waals surface area contributed by atoms with Crippen molar-refractivity contribution >= 4 is 11.6 Å². The maximum atomic E-state index is 11.2. The molecule has 96 valence electrons. The molecule has 2 aromatic rings. The summed E-state index contributed by atoms with van der Waals surface area (Å²) in [4.78, 5) is 15.2. The number of aromatic nitrogens is 3. The van der Waals surface area contributed by atoms with E-state index in [1.54, 1.807) is 10.6 Å². The Labute approximate surface area is 109 Å². The van der Waals surface area contributed by atoms with Crippen molar-refractivity contribution in [3.63, 3.8) is 0 Å². The molecule has 1 aliphatic carbocycles. The molecule has 0 bridgehead atoms. The Bertz CT molecular complexity index is 692. The van der Waals surface area contributed by atoms with E-state index in [1.165, 1.54) is 6.20 Å². The fourth-order valence-electron chi connectivity index (χ4n) is 2.69. The molecule has 0 radical (unpaired) electrons. The second-order valence-corrected chi connectivity index (χ2v) is 4.76. The average Bonchev–Trinajstić information content (AvgIpc) is 3.06. The number of carboxylic acid groups (broad SMARTS) is 1. The lowest BCUT2D eigenvalue weighted by molar-refractivity contribution is 0.0690. The van der Waals surface area contributed by atoms with Gasteiger partial charge < -0.3 is 5.11 Å². The van der Waals surface area contributed by atoms with E-state index in [9.17, 15) is 4.79 Å². The molecule has 0 aromatic carbocycles. The summed E-state index contributed by atoms with van der Waals surface area (Å²) in [7, 11) is 0. The van der Waals surface area contributed by atoms with E-state index >= 15 is 0 Å². The first-order valence-corrected chi connectivity index (χ1v) is 6.23. The van der Waals surface area contributed by atoms with Crippen molar-refractivity contribution in [2.75, 3.05) is 0 Å². The second kappa shape index (κ2) is 4.35. The smallest absolute Gasteiger partial charge is 0.354 e. The van der Waals surface area contributed by atoms with Gasteiger partial charge in [0.15, 0.2) is 11.3 Å². The first-order valence-electron chi connectivity index (χ1n) is 6.23. The van der Waals surface area contributed by atoms with Crippen LogP contribution in [0.4, 0.5) is 0 Å². The highest BCUT2D eigenvalue weighted by Crippen LogP contribution is 2.34. The number of hydrogen-bond acceptors (Lipinski definition) is 4. The summed E-state index contributed by atoms with van der Waals surface area (Å²) in [6, 6.07) is 3.58. The Morgan fingerprint density at radius 2 is 2.21 bits per heavy atom. The van der Waals surface area contributed by atoms with Crippen LogP contribution in [0.5, 0.6) is 0 Å². The van der Waals surface area contributed by atoms with Crippen molar-refractivity contribution in [2.45, 2.75) is 31.6 Å². The van der Waals surface area contributed by atoms with Gasteiger partial charge in [-0.15, -0.1) is 0 Å². The number of nitrogens with zero attached hydrogens (tertiary/aromatic N) is 4. The van der Waals surface area contributed by atoms with Gasteiger partial charge in [0.25, 0.3) is 0 Å². The summed E-state index contributed by atoms with van der Waals surface area (Å²) >= 11 is 0. The monoisotopic (exact) mass is 256 g/mol. The molecule has 3 rings (SSSR count). The zero-order valence-corrected chi connectivity index (χ0v) is 10.2. The van der Waals surface area contributed by atoms with Gasteiger partial charge in [-0.25, -0.2) is 14.3 Å². The minimum atomic E-state index is -1.08. The molecule has 0 spiro atoms. The van der Waals surface area contributed by atoms with E-state index in [4.69, 9.17) is 10.4 Å². The Balaban J connectivity index is 2.26. The maximum Gasteiger partial charge on any atom is 0.354 e. The third kappa shape index (κ3) is 1.83. The predicted molar refractivity (Wildman–Crippen MR) is 65.9 cm³/mol. The number of carboxylic acids is 1. The van der Waals surface area contributed by atoms with Crippen molar-refractivity contribution < 1.29 is 9.90 Å². The van der Waals surface area contributed by atoms with Gasteiger partial charge in [0, 0.05) is 11.6 Å². The van der Waals surface area contributed by atoms with Gasteiger partial charge in [-0.3, -0.25) is 0 Å². The Kier molecular flexibility index (Phi) is 2.67. The normalized spacial score (nSPS) is 15.7. The summed E-state index contributed by atoms with van der Waals surface area (Å²) in [6.07, 6.45) is 5.78. The highest BCUT2D eigenvalue weighted by Gasteiger charge is 2.23. The summed E-state index contributed by atoms with van der Waals surface area (Å²) in [6.45, 7) is 0. The van der Waals surface area contributed by atoms with Gasteiger partial charge >= 0.3 is 5.97 Å². The molecule has 2 heterocycles. The minimum Gasteiger partial charge on any atom is -0.477 e. The van der Waals surface area contributed by atoms with E-state index in [-0.39, 0.29) is 5.69 Å². The van der Waals surface area contributed by atoms with E-state index in [0.29, 0.717) is 17.1 Å². The molecule has 6 heteroatoms. The van der Waals surface area contributed by atoms with Crippen molar-refractivity contribution in [2.24, 2.45) is 0 Å². The number of rotatable bonds is 2. The fraction of sp³-hybridized carbons (Fsp3) is 0.385. The summed E-state index contributed by atoms with van der Waals surface area (Å²) in [5.74, 6) is -0.776. The average molecular weight is 256 g/mol. The van der Waals surface area contributed by atoms with Gasteiger partial charge in [-0.2, -0.15) is 10.4 Å². The number of aromatic carboxylic acids is 1. The third-order valence-corrected chi connectivity index (χ3v) is 3.61. The second-order valence-electron chi connectivity index (χ2n) is 4.76. The van der Waals surface area contributed by atoms with Crippen LogP contribution in [-0.2, 0) is 0 Å². The molecule has 6 nitrogen and oxygen atoms in total. The van der Waals surface area contributed by atoms with Crippen LogP contribution in [0.2, 0.25) is 0 Å². The van der Waals surface area contributed by atoms with Crippen LogP contribution in [-0.4, -0.2) is 25.7 Å². The lowest BCUT2D eigenvalue weighted by atomic mass is 10.0. The molecule has 1 aliphatic rings. The number of hydrogen-bond donors (Lipinski definition) is 1. The molecule has 2 aromatic heterocycles. The highest BCUT2D eigenvalue weighted by atomic mass is 16.4. The number of carbonyl (C=O) groups is 1. The predicted octanol–water partition coefficient (Wildman–Crippen LogP) is 1.96. The van der Waals surface area contributed by atoms with Crippen LogP contribution in [0.25, 0.3) is 5.65 Å². The summed E-state index contributed by atoms with van der Waals surface area (Å²) in [5, 5.41) is 22.3. The third-order valence-electron chi connectivity index (χ3n) is 3.61. The van der Waals surface area contributed by atoms with Gasteiger partial charge in [0.2, 0.25) is 0 Å². The van der Waals surface area contributed by atoms with Crippen molar-refractivity contribution in [1.82, 2.24) is 14.6 Å². The van der Waals surface area contributed by atoms with Gasteiger partial charge in [-0.05, 0) is 18.9 Å². The Morgan fingerprint density at radius 1 is 1.47 bits per heavy atom. The largest absolute Gasteiger partial charge is 0.477 e. The molecular weight excluding hydrogens is 244 g/mol. The SMILES string of the molecule is N#Cc1cnn2c(C3CCCC3)cc(C(=O)O)nc12. The quantitative estimate of drug-likeness (QED) is 0.886. The minimum absolute atomic E-state index is 0.0219. The molecule has 0 saturated heterocycles. The van der Waals surface area contributed by atoms with Crippen LogP contribution in [0.15, 0.2) is 12.3 Å².